The molecular weight excluding hydrogens is 340 g/mol. The summed E-state index contributed by atoms with van der Waals surface area (Å²) < 4.78 is 1.93. The van der Waals surface area contributed by atoms with E-state index in [1.807, 2.05) is 54.9 Å². The molecule has 0 aromatic carbocycles. The number of carbonyl (C=O) groups is 1. The van der Waals surface area contributed by atoms with Crippen LogP contribution in [0.25, 0.3) is 5.52 Å². The minimum atomic E-state index is -0.152. The number of fused-ring (bicyclic) bond motifs is 1. The highest BCUT2D eigenvalue weighted by Gasteiger charge is 2.20. The van der Waals surface area contributed by atoms with Gasteiger partial charge in [0.25, 0.3) is 5.91 Å². The van der Waals surface area contributed by atoms with Crippen LogP contribution in [0.2, 0.25) is 0 Å². The molecule has 0 radical (unpaired) electrons. The Morgan fingerprint density at radius 1 is 1.07 bits per heavy atom. The largest absolute Gasteiger partial charge is 0.338 e. The molecular formula is C20H24N6O. The Morgan fingerprint density at radius 2 is 1.78 bits per heavy atom. The van der Waals surface area contributed by atoms with Crippen LogP contribution >= 0.6 is 0 Å². The quantitative estimate of drug-likeness (QED) is 0.773. The normalized spacial score (nSPS) is 15.3. The lowest BCUT2D eigenvalue weighted by Gasteiger charge is -2.32. The number of nitrogens with zero attached hydrogens (tertiary/aromatic N) is 5. The number of piperazine rings is 1. The molecule has 0 aliphatic carbocycles. The van der Waals surface area contributed by atoms with Crippen molar-refractivity contribution < 1.29 is 4.79 Å². The molecule has 27 heavy (non-hydrogen) atoms. The first-order chi connectivity index (χ1) is 13.0. The van der Waals surface area contributed by atoms with Gasteiger partial charge in [-0.25, -0.2) is 9.97 Å². The average Bonchev–Trinajstić information content (AvgIpc) is 3.09. The highest BCUT2D eigenvalue weighted by Crippen LogP contribution is 2.22. The molecule has 0 spiro atoms. The zero-order valence-electron chi connectivity index (χ0n) is 15.9. The first-order valence-electron chi connectivity index (χ1n) is 9.18. The Balaban J connectivity index is 1.55. The number of hydrogen-bond donors (Lipinski definition) is 1. The van der Waals surface area contributed by atoms with Crippen LogP contribution in [0.15, 0.2) is 36.7 Å². The minimum absolute atomic E-state index is 0.152. The molecule has 1 aliphatic rings. The molecule has 1 amide bonds. The van der Waals surface area contributed by atoms with Crippen molar-refractivity contribution in [2.75, 3.05) is 43.4 Å². The van der Waals surface area contributed by atoms with Gasteiger partial charge in [-0.1, -0.05) is 6.07 Å². The van der Waals surface area contributed by atoms with Gasteiger partial charge in [-0.05, 0) is 39.1 Å². The van der Waals surface area contributed by atoms with Gasteiger partial charge >= 0.3 is 0 Å². The predicted octanol–water partition coefficient (Wildman–Crippen LogP) is 2.35. The van der Waals surface area contributed by atoms with E-state index in [1.165, 1.54) is 0 Å². The first kappa shape index (κ1) is 17.5. The zero-order valence-corrected chi connectivity index (χ0v) is 15.9. The van der Waals surface area contributed by atoms with Gasteiger partial charge in [-0.15, -0.1) is 0 Å². The van der Waals surface area contributed by atoms with E-state index in [1.54, 1.807) is 0 Å². The van der Waals surface area contributed by atoms with Crippen LogP contribution in [0.5, 0.6) is 0 Å². The third kappa shape index (κ3) is 3.50. The van der Waals surface area contributed by atoms with E-state index in [0.717, 1.165) is 49.0 Å². The molecule has 1 N–H and O–H groups in total. The van der Waals surface area contributed by atoms with E-state index in [4.69, 9.17) is 0 Å². The topological polar surface area (TPSA) is 65.8 Å². The van der Waals surface area contributed by atoms with Crippen molar-refractivity contribution in [1.29, 1.82) is 0 Å². The summed E-state index contributed by atoms with van der Waals surface area (Å²) in [5.41, 5.74) is 3.86. The minimum Gasteiger partial charge on any atom is -0.338 e. The summed E-state index contributed by atoms with van der Waals surface area (Å²) in [6.45, 7) is 7.67. The number of nitrogens with one attached hydrogen (secondary N) is 1. The summed E-state index contributed by atoms with van der Waals surface area (Å²) >= 11 is 0. The predicted molar refractivity (Wildman–Crippen MR) is 107 cm³/mol. The number of anilines is 2. The van der Waals surface area contributed by atoms with Gasteiger partial charge in [0.15, 0.2) is 0 Å². The third-order valence-corrected chi connectivity index (χ3v) is 5.05. The molecule has 4 heterocycles. The monoisotopic (exact) mass is 364 g/mol. The lowest BCUT2D eigenvalue weighted by Crippen LogP contribution is -2.45. The Morgan fingerprint density at radius 3 is 2.44 bits per heavy atom. The summed E-state index contributed by atoms with van der Waals surface area (Å²) in [6, 6.07) is 7.74. The van der Waals surface area contributed by atoms with Gasteiger partial charge in [-0.2, -0.15) is 0 Å². The second kappa shape index (κ2) is 7.00. The first-order valence-corrected chi connectivity index (χ1v) is 9.18. The summed E-state index contributed by atoms with van der Waals surface area (Å²) in [5, 5.41) is 2.99. The van der Waals surface area contributed by atoms with Crippen LogP contribution in [-0.4, -0.2) is 58.4 Å². The molecule has 3 aromatic heterocycles. The number of amides is 1. The fourth-order valence-corrected chi connectivity index (χ4v) is 3.39. The van der Waals surface area contributed by atoms with Crippen LogP contribution < -0.4 is 10.2 Å². The smallest absolute Gasteiger partial charge is 0.257 e. The standard InChI is InChI=1S/C20H24N6O/c1-14-18(15(2)22-20(21-14)25-10-8-24(3)9-11-25)23-19(27)16-12-17-6-4-5-7-26(17)13-16/h4-7,12-13H,8-11H2,1-3H3,(H,23,27). The number of hydrogen-bond acceptors (Lipinski definition) is 5. The van der Waals surface area contributed by atoms with Crippen LogP contribution in [0.4, 0.5) is 11.6 Å². The van der Waals surface area contributed by atoms with Crippen molar-refractivity contribution >= 4 is 23.1 Å². The molecule has 1 aliphatic heterocycles. The lowest BCUT2D eigenvalue weighted by atomic mass is 10.2. The number of carbonyl (C=O) groups excluding carboxylic acids is 1. The second-order valence-electron chi connectivity index (χ2n) is 7.08. The molecule has 0 unspecified atom stereocenters. The van der Waals surface area contributed by atoms with Crippen LogP contribution in [0, 0.1) is 13.8 Å². The maximum Gasteiger partial charge on any atom is 0.257 e. The van der Waals surface area contributed by atoms with Crippen molar-refractivity contribution in [1.82, 2.24) is 19.3 Å². The van der Waals surface area contributed by atoms with Gasteiger partial charge < -0.3 is 19.5 Å². The molecule has 0 atom stereocenters. The Hall–Kier alpha value is -2.93. The molecule has 3 aromatic rings. The highest BCUT2D eigenvalue weighted by atomic mass is 16.1. The number of pyridine rings is 1. The molecule has 1 fully saturated rings. The molecule has 0 bridgehead atoms. The van der Waals surface area contributed by atoms with E-state index in [-0.39, 0.29) is 5.91 Å². The fraction of sp³-hybridized carbons (Fsp3) is 0.350. The van der Waals surface area contributed by atoms with Gasteiger partial charge in [0.2, 0.25) is 5.95 Å². The van der Waals surface area contributed by atoms with Gasteiger partial charge in [0.05, 0.1) is 22.6 Å². The van der Waals surface area contributed by atoms with Crippen molar-refractivity contribution in [2.45, 2.75) is 13.8 Å². The molecule has 140 valence electrons. The average molecular weight is 364 g/mol. The SMILES string of the molecule is Cc1nc(N2CCN(C)CC2)nc(C)c1NC(=O)c1cc2ccccn2c1. The van der Waals surface area contributed by atoms with Crippen molar-refractivity contribution in [3.8, 4) is 0 Å². The van der Waals surface area contributed by atoms with Crippen LogP contribution in [0.3, 0.4) is 0 Å². The van der Waals surface area contributed by atoms with Crippen molar-refractivity contribution in [3.05, 3.63) is 53.6 Å². The highest BCUT2D eigenvalue weighted by molar-refractivity contribution is 6.05. The Kier molecular flexibility index (Phi) is 4.53. The fourth-order valence-electron chi connectivity index (χ4n) is 3.39. The second-order valence-corrected chi connectivity index (χ2v) is 7.08. The summed E-state index contributed by atoms with van der Waals surface area (Å²) in [5.74, 6) is 0.589. The number of rotatable bonds is 3. The number of likely N-dealkylation sites (N-methyl/N-ethyl adjacent to an activating group) is 1. The summed E-state index contributed by atoms with van der Waals surface area (Å²) in [6.07, 6.45) is 3.76. The molecule has 4 rings (SSSR count). The summed E-state index contributed by atoms with van der Waals surface area (Å²) in [4.78, 5) is 26.5. The number of aromatic nitrogens is 3. The molecule has 7 heteroatoms. The summed E-state index contributed by atoms with van der Waals surface area (Å²) in [7, 11) is 2.12. The van der Waals surface area contributed by atoms with Crippen molar-refractivity contribution in [2.24, 2.45) is 0 Å². The van der Waals surface area contributed by atoms with Crippen molar-refractivity contribution in [3.63, 3.8) is 0 Å². The third-order valence-electron chi connectivity index (χ3n) is 5.05. The van der Waals surface area contributed by atoms with E-state index in [9.17, 15) is 4.79 Å². The molecule has 7 nitrogen and oxygen atoms in total. The maximum atomic E-state index is 12.7. The molecule has 0 saturated carbocycles. The van der Waals surface area contributed by atoms with E-state index >= 15 is 0 Å². The van der Waals surface area contributed by atoms with E-state index in [2.05, 4.69) is 32.1 Å². The Bertz CT molecular complexity index is 931. The number of aryl methyl sites for hydroxylation is 2. The lowest BCUT2D eigenvalue weighted by molar-refractivity contribution is 0.102. The zero-order chi connectivity index (χ0) is 19.0. The van der Waals surface area contributed by atoms with Gasteiger partial charge in [-0.3, -0.25) is 4.79 Å². The van der Waals surface area contributed by atoms with Gasteiger partial charge in [0.1, 0.15) is 0 Å². The van der Waals surface area contributed by atoms with E-state index < -0.39 is 0 Å². The van der Waals surface area contributed by atoms with Gasteiger partial charge in [0, 0.05) is 44.1 Å². The Labute approximate surface area is 158 Å². The van der Waals surface area contributed by atoms with Crippen LogP contribution in [-0.2, 0) is 0 Å². The molecule has 1 saturated heterocycles. The van der Waals surface area contributed by atoms with Crippen LogP contribution in [0.1, 0.15) is 21.7 Å². The maximum absolute atomic E-state index is 12.7. The van der Waals surface area contributed by atoms with E-state index in [0.29, 0.717) is 11.3 Å².